The van der Waals surface area contributed by atoms with Crippen molar-refractivity contribution in [2.24, 2.45) is 0 Å². The summed E-state index contributed by atoms with van der Waals surface area (Å²) in [5, 5.41) is 12.8. The van der Waals surface area contributed by atoms with E-state index in [1.807, 2.05) is 31.2 Å². The van der Waals surface area contributed by atoms with Crippen LogP contribution in [0.4, 0.5) is 0 Å². The third kappa shape index (κ3) is 2.65. The smallest absolute Gasteiger partial charge is 0.150 e. The number of halogens is 1. The molecule has 1 aromatic heterocycles. The van der Waals surface area contributed by atoms with Crippen molar-refractivity contribution in [3.05, 3.63) is 46.5 Å². The van der Waals surface area contributed by atoms with Gasteiger partial charge in [0.25, 0.3) is 0 Å². The molecule has 1 aromatic carbocycles. The molecule has 4 nitrogen and oxygen atoms in total. The Bertz CT molecular complexity index is 555. The Kier molecular flexibility index (Phi) is 3.53. The molecule has 1 N–H and O–H groups in total. The van der Waals surface area contributed by atoms with Crippen LogP contribution in [-0.4, -0.2) is 21.3 Å². The molecule has 0 bridgehead atoms. The Balaban J connectivity index is 1.87. The zero-order valence-corrected chi connectivity index (χ0v) is 11.7. The molecule has 0 spiro atoms. The van der Waals surface area contributed by atoms with Crippen molar-refractivity contribution < 1.29 is 0 Å². The molecule has 0 saturated carbocycles. The molecule has 100 valence electrons. The Morgan fingerprint density at radius 1 is 1.32 bits per heavy atom. The molecule has 0 amide bonds. The molecule has 19 heavy (non-hydrogen) atoms. The average molecular weight is 277 g/mol. The van der Waals surface area contributed by atoms with Crippen LogP contribution in [0.25, 0.3) is 0 Å². The van der Waals surface area contributed by atoms with Crippen molar-refractivity contribution in [3.8, 4) is 0 Å². The van der Waals surface area contributed by atoms with Gasteiger partial charge in [-0.15, -0.1) is 10.2 Å². The van der Waals surface area contributed by atoms with Crippen LogP contribution in [0, 0.1) is 6.92 Å². The minimum Gasteiger partial charge on any atom is -0.309 e. The second kappa shape index (κ2) is 5.31. The van der Waals surface area contributed by atoms with Gasteiger partial charge < -0.3 is 9.88 Å². The minimum atomic E-state index is 0.341. The maximum atomic E-state index is 5.92. The molecule has 1 unspecified atom stereocenters. The fraction of sp³-hybridized carbons (Fsp3) is 0.429. The summed E-state index contributed by atoms with van der Waals surface area (Å²) in [6.45, 7) is 3.86. The highest BCUT2D eigenvalue weighted by atomic mass is 35.5. The highest BCUT2D eigenvalue weighted by Crippen LogP contribution is 2.23. The van der Waals surface area contributed by atoms with Gasteiger partial charge in [0.05, 0.1) is 12.6 Å². The topological polar surface area (TPSA) is 42.7 Å². The van der Waals surface area contributed by atoms with Gasteiger partial charge in [0.15, 0.2) is 5.82 Å². The Morgan fingerprint density at radius 2 is 2.11 bits per heavy atom. The summed E-state index contributed by atoms with van der Waals surface area (Å²) in [6, 6.07) is 8.28. The lowest BCUT2D eigenvalue weighted by atomic mass is 10.2. The van der Waals surface area contributed by atoms with Gasteiger partial charge in [-0.1, -0.05) is 23.7 Å². The maximum Gasteiger partial charge on any atom is 0.150 e. The van der Waals surface area contributed by atoms with Crippen LogP contribution in [0.1, 0.15) is 36.1 Å². The van der Waals surface area contributed by atoms with Crippen molar-refractivity contribution in [3.63, 3.8) is 0 Å². The van der Waals surface area contributed by atoms with Gasteiger partial charge in [0.2, 0.25) is 0 Å². The van der Waals surface area contributed by atoms with E-state index in [0.717, 1.165) is 36.2 Å². The lowest BCUT2D eigenvalue weighted by Crippen LogP contribution is -2.19. The molecular formula is C14H17ClN4. The number of rotatable bonds is 3. The third-order valence-electron chi connectivity index (χ3n) is 3.59. The number of aryl methyl sites for hydroxylation is 1. The largest absolute Gasteiger partial charge is 0.309 e. The molecule has 1 aliphatic rings. The van der Waals surface area contributed by atoms with E-state index in [1.165, 1.54) is 12.0 Å². The number of benzene rings is 1. The van der Waals surface area contributed by atoms with E-state index in [2.05, 4.69) is 20.1 Å². The van der Waals surface area contributed by atoms with Crippen LogP contribution < -0.4 is 5.32 Å². The number of hydrogen-bond donors (Lipinski definition) is 1. The molecule has 0 radical (unpaired) electrons. The Hall–Kier alpha value is -1.39. The van der Waals surface area contributed by atoms with Gasteiger partial charge in [0.1, 0.15) is 5.82 Å². The first-order chi connectivity index (χ1) is 9.24. The molecular weight excluding hydrogens is 260 g/mol. The molecule has 2 heterocycles. The van der Waals surface area contributed by atoms with Crippen molar-refractivity contribution in [1.29, 1.82) is 0 Å². The predicted octanol–water partition coefficient (Wildman–Crippen LogP) is 2.71. The zero-order valence-electron chi connectivity index (χ0n) is 10.9. The van der Waals surface area contributed by atoms with Crippen LogP contribution >= 0.6 is 11.6 Å². The highest BCUT2D eigenvalue weighted by molar-refractivity contribution is 6.30. The van der Waals surface area contributed by atoms with Gasteiger partial charge in [-0.2, -0.15) is 0 Å². The summed E-state index contributed by atoms with van der Waals surface area (Å²) in [6.07, 6.45) is 2.34. The number of aromatic nitrogens is 3. The minimum absolute atomic E-state index is 0.341. The first-order valence-electron chi connectivity index (χ1n) is 6.61. The first-order valence-corrected chi connectivity index (χ1v) is 6.99. The summed E-state index contributed by atoms with van der Waals surface area (Å²) < 4.78 is 2.19. The van der Waals surface area contributed by atoms with Crippen LogP contribution in [0.2, 0.25) is 5.02 Å². The predicted molar refractivity (Wildman–Crippen MR) is 75.3 cm³/mol. The van der Waals surface area contributed by atoms with E-state index in [0.29, 0.717) is 6.04 Å². The third-order valence-corrected chi connectivity index (χ3v) is 3.84. The standard InChI is InChI=1S/C14H17ClN4/c1-10-17-18-14(13-3-2-8-16-13)19(10)9-11-4-6-12(15)7-5-11/h4-7,13,16H,2-3,8-9H2,1H3. The van der Waals surface area contributed by atoms with Gasteiger partial charge in [0, 0.05) is 5.02 Å². The SMILES string of the molecule is Cc1nnc(C2CCCN2)n1Cc1ccc(Cl)cc1. The molecule has 1 saturated heterocycles. The normalized spacial score (nSPS) is 18.9. The second-order valence-electron chi connectivity index (χ2n) is 4.97. The summed E-state index contributed by atoms with van der Waals surface area (Å²) in [5.41, 5.74) is 1.21. The summed E-state index contributed by atoms with van der Waals surface area (Å²) in [5.74, 6) is 2.00. The quantitative estimate of drug-likeness (QED) is 0.937. The van der Waals surface area contributed by atoms with E-state index in [-0.39, 0.29) is 0 Å². The molecule has 1 aliphatic heterocycles. The molecule has 1 fully saturated rings. The zero-order chi connectivity index (χ0) is 13.2. The van der Waals surface area contributed by atoms with Gasteiger partial charge >= 0.3 is 0 Å². The molecule has 5 heteroatoms. The lowest BCUT2D eigenvalue weighted by molar-refractivity contribution is 0.560. The van der Waals surface area contributed by atoms with Crippen LogP contribution in [0.15, 0.2) is 24.3 Å². The highest BCUT2D eigenvalue weighted by Gasteiger charge is 2.22. The van der Waals surface area contributed by atoms with Crippen LogP contribution in [0.3, 0.4) is 0 Å². The van der Waals surface area contributed by atoms with Crippen molar-refractivity contribution in [2.45, 2.75) is 32.4 Å². The summed E-state index contributed by atoms with van der Waals surface area (Å²) in [4.78, 5) is 0. The van der Waals surface area contributed by atoms with Crippen LogP contribution in [-0.2, 0) is 6.54 Å². The van der Waals surface area contributed by atoms with E-state index in [4.69, 9.17) is 11.6 Å². The average Bonchev–Trinajstić information content (AvgIpc) is 3.03. The molecule has 3 rings (SSSR count). The number of hydrogen-bond acceptors (Lipinski definition) is 3. The molecule has 2 aromatic rings. The van der Waals surface area contributed by atoms with Crippen molar-refractivity contribution in [1.82, 2.24) is 20.1 Å². The van der Waals surface area contributed by atoms with Gasteiger partial charge in [-0.05, 0) is 44.0 Å². The van der Waals surface area contributed by atoms with Crippen molar-refractivity contribution in [2.75, 3.05) is 6.54 Å². The fourth-order valence-electron chi connectivity index (χ4n) is 2.53. The van der Waals surface area contributed by atoms with E-state index >= 15 is 0 Å². The number of nitrogens with zero attached hydrogens (tertiary/aromatic N) is 3. The Labute approximate surface area is 117 Å². The molecule has 1 atom stereocenters. The van der Waals surface area contributed by atoms with Crippen LogP contribution in [0.5, 0.6) is 0 Å². The van der Waals surface area contributed by atoms with E-state index in [1.54, 1.807) is 0 Å². The van der Waals surface area contributed by atoms with E-state index in [9.17, 15) is 0 Å². The van der Waals surface area contributed by atoms with Crippen molar-refractivity contribution >= 4 is 11.6 Å². The summed E-state index contributed by atoms with van der Waals surface area (Å²) in [7, 11) is 0. The summed E-state index contributed by atoms with van der Waals surface area (Å²) >= 11 is 5.92. The maximum absolute atomic E-state index is 5.92. The first kappa shape index (κ1) is 12.6. The van der Waals surface area contributed by atoms with Gasteiger partial charge in [-0.25, -0.2) is 0 Å². The molecule has 0 aliphatic carbocycles. The lowest BCUT2D eigenvalue weighted by Gasteiger charge is -2.13. The van der Waals surface area contributed by atoms with E-state index < -0.39 is 0 Å². The fourth-order valence-corrected chi connectivity index (χ4v) is 2.65. The van der Waals surface area contributed by atoms with Gasteiger partial charge in [-0.3, -0.25) is 0 Å². The monoisotopic (exact) mass is 276 g/mol. The number of nitrogens with one attached hydrogen (secondary N) is 1. The second-order valence-corrected chi connectivity index (χ2v) is 5.40. The Morgan fingerprint density at radius 3 is 2.79 bits per heavy atom.